The fraction of sp³-hybridized carbons (Fsp3) is 0.917. The number of carbonyl (C=O) groups is 1. The van der Waals surface area contributed by atoms with Crippen molar-refractivity contribution in [2.24, 2.45) is 5.92 Å². The van der Waals surface area contributed by atoms with Gasteiger partial charge in [0.1, 0.15) is 0 Å². The van der Waals surface area contributed by atoms with E-state index in [1.165, 1.54) is 6.42 Å². The zero-order valence-corrected chi connectivity index (χ0v) is 11.5. The van der Waals surface area contributed by atoms with Crippen LogP contribution in [0, 0.1) is 5.92 Å². The molecule has 1 aliphatic heterocycles. The van der Waals surface area contributed by atoms with Gasteiger partial charge in [-0.3, -0.25) is 4.79 Å². The van der Waals surface area contributed by atoms with Crippen molar-refractivity contribution in [2.45, 2.75) is 32.2 Å². The average molecular weight is 244 g/mol. The summed E-state index contributed by atoms with van der Waals surface area (Å²) in [5.74, 6) is 1.38. The highest BCUT2D eigenvalue weighted by Gasteiger charge is 2.24. The van der Waals surface area contributed by atoms with Gasteiger partial charge in [-0.05, 0) is 38.6 Å². The fourth-order valence-electron chi connectivity index (χ4n) is 2.24. The maximum atomic E-state index is 12.1. The lowest BCUT2D eigenvalue weighted by Crippen LogP contribution is -2.41. The Morgan fingerprint density at radius 2 is 2.25 bits per heavy atom. The van der Waals surface area contributed by atoms with E-state index in [-0.39, 0.29) is 5.92 Å². The Morgan fingerprint density at radius 3 is 2.94 bits per heavy atom. The zero-order valence-electron chi connectivity index (χ0n) is 10.7. The van der Waals surface area contributed by atoms with Gasteiger partial charge in [0.05, 0.1) is 0 Å². The molecule has 2 unspecified atom stereocenters. The molecule has 0 spiro atoms. The summed E-state index contributed by atoms with van der Waals surface area (Å²) in [6.45, 7) is 4.17. The Kier molecular flexibility index (Phi) is 6.21. The molecule has 1 amide bonds. The Morgan fingerprint density at radius 1 is 1.50 bits per heavy atom. The number of hydrogen-bond acceptors (Lipinski definition) is 3. The molecular formula is C12H24N2OS. The van der Waals surface area contributed by atoms with E-state index < -0.39 is 0 Å². The van der Waals surface area contributed by atoms with E-state index in [1.54, 1.807) is 11.8 Å². The van der Waals surface area contributed by atoms with Gasteiger partial charge in [-0.15, -0.1) is 0 Å². The molecular weight excluding hydrogens is 220 g/mol. The second kappa shape index (κ2) is 7.17. The zero-order chi connectivity index (χ0) is 12.0. The largest absolute Gasteiger partial charge is 0.342 e. The first-order valence-electron chi connectivity index (χ1n) is 6.13. The quantitative estimate of drug-likeness (QED) is 0.815. The third-order valence-corrected chi connectivity index (χ3v) is 4.11. The summed E-state index contributed by atoms with van der Waals surface area (Å²) >= 11 is 1.75. The first-order valence-corrected chi connectivity index (χ1v) is 7.52. The van der Waals surface area contributed by atoms with Crippen LogP contribution in [0.25, 0.3) is 0 Å². The maximum absolute atomic E-state index is 12.1. The molecule has 0 bridgehead atoms. The van der Waals surface area contributed by atoms with Crippen molar-refractivity contribution in [1.29, 1.82) is 0 Å². The molecule has 0 saturated carbocycles. The number of nitrogens with one attached hydrogen (secondary N) is 1. The Bertz CT molecular complexity index is 215. The van der Waals surface area contributed by atoms with E-state index in [9.17, 15) is 4.79 Å². The highest BCUT2D eigenvalue weighted by molar-refractivity contribution is 7.98. The van der Waals surface area contributed by atoms with Crippen LogP contribution in [0.4, 0.5) is 0 Å². The molecule has 1 heterocycles. The highest BCUT2D eigenvalue weighted by Crippen LogP contribution is 2.16. The van der Waals surface area contributed by atoms with Crippen LogP contribution in [0.3, 0.4) is 0 Å². The minimum Gasteiger partial charge on any atom is -0.342 e. The van der Waals surface area contributed by atoms with Crippen LogP contribution in [0.15, 0.2) is 0 Å². The molecule has 4 heteroatoms. The smallest absolute Gasteiger partial charge is 0.226 e. The lowest BCUT2D eigenvalue weighted by Gasteiger charge is -2.29. The van der Waals surface area contributed by atoms with Crippen LogP contribution in [-0.2, 0) is 4.79 Å². The number of amides is 1. The average Bonchev–Trinajstić information content (AvgIpc) is 2.56. The van der Waals surface area contributed by atoms with E-state index in [1.807, 2.05) is 18.9 Å². The number of hydrogen-bond donors (Lipinski definition) is 1. The van der Waals surface area contributed by atoms with Gasteiger partial charge in [-0.2, -0.15) is 11.8 Å². The van der Waals surface area contributed by atoms with Crippen LogP contribution < -0.4 is 5.32 Å². The second-order valence-electron chi connectivity index (χ2n) is 4.64. The molecule has 3 nitrogen and oxygen atoms in total. The van der Waals surface area contributed by atoms with Crippen molar-refractivity contribution in [3.63, 3.8) is 0 Å². The molecule has 1 fully saturated rings. The molecule has 1 rings (SSSR count). The van der Waals surface area contributed by atoms with E-state index in [4.69, 9.17) is 0 Å². The van der Waals surface area contributed by atoms with Gasteiger partial charge in [0.2, 0.25) is 5.91 Å². The predicted octanol–water partition coefficient (Wildman–Crippen LogP) is 1.59. The lowest BCUT2D eigenvalue weighted by molar-refractivity contribution is -0.135. The van der Waals surface area contributed by atoms with Crippen LogP contribution in [0.2, 0.25) is 0 Å². The van der Waals surface area contributed by atoms with Crippen LogP contribution in [-0.4, -0.2) is 49.0 Å². The first kappa shape index (κ1) is 13.8. The Hall–Kier alpha value is -0.220. The standard InChI is InChI=1S/C12H24N2OS/c1-10(9-16-3)12(15)14(2)11-5-4-7-13-8-6-11/h10-11,13H,4-9H2,1-3H3. The molecule has 1 aliphatic rings. The van der Waals surface area contributed by atoms with Gasteiger partial charge in [-0.25, -0.2) is 0 Å². The van der Waals surface area contributed by atoms with Crippen molar-refractivity contribution in [3.8, 4) is 0 Å². The topological polar surface area (TPSA) is 32.3 Å². The number of thioether (sulfide) groups is 1. The summed E-state index contributed by atoms with van der Waals surface area (Å²) in [4.78, 5) is 14.1. The van der Waals surface area contributed by atoms with Crippen molar-refractivity contribution >= 4 is 17.7 Å². The molecule has 1 saturated heterocycles. The molecule has 0 aromatic heterocycles. The van der Waals surface area contributed by atoms with E-state index in [2.05, 4.69) is 11.6 Å². The number of carbonyl (C=O) groups excluding carboxylic acids is 1. The van der Waals surface area contributed by atoms with E-state index in [0.29, 0.717) is 11.9 Å². The minimum atomic E-state index is 0.149. The van der Waals surface area contributed by atoms with Gasteiger partial charge < -0.3 is 10.2 Å². The molecule has 16 heavy (non-hydrogen) atoms. The van der Waals surface area contributed by atoms with E-state index >= 15 is 0 Å². The monoisotopic (exact) mass is 244 g/mol. The summed E-state index contributed by atoms with van der Waals surface area (Å²) in [5, 5.41) is 3.38. The summed E-state index contributed by atoms with van der Waals surface area (Å²) in [7, 11) is 1.97. The fourth-order valence-corrected chi connectivity index (χ4v) is 2.88. The number of rotatable bonds is 4. The Labute approximate surface area is 103 Å². The van der Waals surface area contributed by atoms with Gasteiger partial charge in [-0.1, -0.05) is 6.92 Å². The summed E-state index contributed by atoms with van der Waals surface area (Å²) in [6.07, 6.45) is 5.47. The van der Waals surface area contributed by atoms with Gasteiger partial charge in [0.15, 0.2) is 0 Å². The SMILES string of the molecule is CSCC(C)C(=O)N(C)C1CCCNCC1. The molecule has 0 aromatic carbocycles. The van der Waals surface area contributed by atoms with Crippen LogP contribution in [0.1, 0.15) is 26.2 Å². The summed E-state index contributed by atoms with van der Waals surface area (Å²) in [5.41, 5.74) is 0. The number of nitrogens with zero attached hydrogens (tertiary/aromatic N) is 1. The molecule has 2 atom stereocenters. The van der Waals surface area contributed by atoms with Crippen LogP contribution >= 0.6 is 11.8 Å². The third kappa shape index (κ3) is 3.98. The molecule has 1 N–H and O–H groups in total. The maximum Gasteiger partial charge on any atom is 0.226 e. The van der Waals surface area contributed by atoms with Crippen LogP contribution in [0.5, 0.6) is 0 Å². The van der Waals surface area contributed by atoms with Crippen molar-refractivity contribution < 1.29 is 4.79 Å². The third-order valence-electron chi connectivity index (χ3n) is 3.28. The molecule has 0 aromatic rings. The molecule has 0 aliphatic carbocycles. The van der Waals surface area contributed by atoms with Gasteiger partial charge in [0, 0.05) is 24.8 Å². The lowest BCUT2D eigenvalue weighted by atomic mass is 10.1. The highest BCUT2D eigenvalue weighted by atomic mass is 32.2. The molecule has 94 valence electrons. The predicted molar refractivity (Wildman–Crippen MR) is 70.8 cm³/mol. The first-order chi connectivity index (χ1) is 7.66. The normalized spacial score (nSPS) is 23.6. The van der Waals surface area contributed by atoms with E-state index in [0.717, 1.165) is 31.7 Å². The van der Waals surface area contributed by atoms with Crippen molar-refractivity contribution in [2.75, 3.05) is 32.1 Å². The molecule has 0 radical (unpaired) electrons. The van der Waals surface area contributed by atoms with Gasteiger partial charge in [0.25, 0.3) is 0 Å². The second-order valence-corrected chi connectivity index (χ2v) is 5.55. The van der Waals surface area contributed by atoms with Crippen molar-refractivity contribution in [1.82, 2.24) is 10.2 Å². The minimum absolute atomic E-state index is 0.149. The van der Waals surface area contributed by atoms with Crippen molar-refractivity contribution in [3.05, 3.63) is 0 Å². The van der Waals surface area contributed by atoms with Gasteiger partial charge >= 0.3 is 0 Å². The Balaban J connectivity index is 2.47. The summed E-state index contributed by atoms with van der Waals surface area (Å²) < 4.78 is 0. The summed E-state index contributed by atoms with van der Waals surface area (Å²) in [6, 6.07) is 0.437.